The summed E-state index contributed by atoms with van der Waals surface area (Å²) in [5.74, 6) is -0.433. The van der Waals surface area contributed by atoms with Gasteiger partial charge in [-0.05, 0) is 25.1 Å². The Bertz CT molecular complexity index is 648. The SMILES string of the molecule is CC.CC(=O)Nc1cc(-n2cnc(C)c2)cc(C(F)(F)F)c1. The number of benzene rings is 1. The van der Waals surface area contributed by atoms with Crippen LogP contribution < -0.4 is 5.32 Å². The third-order valence-corrected chi connectivity index (χ3v) is 2.58. The lowest BCUT2D eigenvalue weighted by atomic mass is 10.1. The van der Waals surface area contributed by atoms with E-state index in [2.05, 4.69) is 10.3 Å². The monoisotopic (exact) mass is 313 g/mol. The summed E-state index contributed by atoms with van der Waals surface area (Å²) < 4.78 is 40.1. The van der Waals surface area contributed by atoms with Gasteiger partial charge in [0.05, 0.1) is 17.6 Å². The number of halogens is 3. The molecule has 2 rings (SSSR count). The summed E-state index contributed by atoms with van der Waals surface area (Å²) in [6, 6.07) is 3.36. The van der Waals surface area contributed by atoms with Crippen LogP contribution >= 0.6 is 0 Å². The van der Waals surface area contributed by atoms with E-state index in [1.54, 1.807) is 13.1 Å². The Morgan fingerprint density at radius 1 is 1.23 bits per heavy atom. The fourth-order valence-corrected chi connectivity index (χ4v) is 1.76. The molecule has 2 aromatic rings. The molecular formula is C15H18F3N3O. The van der Waals surface area contributed by atoms with Crippen molar-refractivity contribution in [1.29, 1.82) is 0 Å². The van der Waals surface area contributed by atoms with Crippen molar-refractivity contribution in [2.45, 2.75) is 33.9 Å². The fraction of sp³-hybridized carbons (Fsp3) is 0.333. The predicted octanol–water partition coefficient (Wildman–Crippen LogP) is 4.18. The first-order chi connectivity index (χ1) is 10.3. The van der Waals surface area contributed by atoms with E-state index in [4.69, 9.17) is 0 Å². The van der Waals surface area contributed by atoms with Gasteiger partial charge in [0.2, 0.25) is 5.91 Å². The maximum Gasteiger partial charge on any atom is 0.416 e. The van der Waals surface area contributed by atoms with Gasteiger partial charge in [-0.1, -0.05) is 13.8 Å². The summed E-state index contributed by atoms with van der Waals surface area (Å²) in [6.07, 6.45) is -1.46. The van der Waals surface area contributed by atoms with Crippen LogP contribution in [0, 0.1) is 6.92 Å². The fourth-order valence-electron chi connectivity index (χ4n) is 1.76. The lowest BCUT2D eigenvalue weighted by Crippen LogP contribution is -2.10. The average molecular weight is 313 g/mol. The molecule has 120 valence electrons. The predicted molar refractivity (Wildman–Crippen MR) is 79.0 cm³/mol. The number of carbonyl (C=O) groups is 1. The van der Waals surface area contributed by atoms with Crippen molar-refractivity contribution in [1.82, 2.24) is 9.55 Å². The van der Waals surface area contributed by atoms with E-state index in [-0.39, 0.29) is 11.4 Å². The molecule has 4 nitrogen and oxygen atoms in total. The quantitative estimate of drug-likeness (QED) is 0.904. The molecule has 1 aromatic carbocycles. The Morgan fingerprint density at radius 3 is 2.32 bits per heavy atom. The smallest absolute Gasteiger partial charge is 0.326 e. The van der Waals surface area contributed by atoms with Gasteiger partial charge < -0.3 is 9.88 Å². The minimum Gasteiger partial charge on any atom is -0.326 e. The second-order valence-electron chi connectivity index (χ2n) is 4.37. The largest absolute Gasteiger partial charge is 0.416 e. The van der Waals surface area contributed by atoms with E-state index in [9.17, 15) is 18.0 Å². The zero-order valence-electron chi connectivity index (χ0n) is 12.8. The number of amides is 1. The molecule has 0 unspecified atom stereocenters. The van der Waals surface area contributed by atoms with Gasteiger partial charge in [-0.3, -0.25) is 4.79 Å². The second-order valence-corrected chi connectivity index (χ2v) is 4.37. The van der Waals surface area contributed by atoms with Crippen molar-refractivity contribution < 1.29 is 18.0 Å². The van der Waals surface area contributed by atoms with Crippen LogP contribution in [0.4, 0.5) is 18.9 Å². The van der Waals surface area contributed by atoms with Crippen LogP contribution in [0.15, 0.2) is 30.7 Å². The molecule has 0 spiro atoms. The van der Waals surface area contributed by atoms with Crippen LogP contribution in [0.2, 0.25) is 0 Å². The Hall–Kier alpha value is -2.31. The van der Waals surface area contributed by atoms with Gasteiger partial charge in [0, 0.05) is 24.5 Å². The first-order valence-electron chi connectivity index (χ1n) is 6.76. The van der Waals surface area contributed by atoms with Gasteiger partial charge >= 0.3 is 6.18 Å². The first kappa shape index (κ1) is 17.7. The number of carbonyl (C=O) groups excluding carboxylic acids is 1. The average Bonchev–Trinajstić information content (AvgIpc) is 2.86. The summed E-state index contributed by atoms with van der Waals surface area (Å²) in [5.41, 5.74) is 0.228. The maximum absolute atomic E-state index is 12.9. The molecule has 0 saturated heterocycles. The molecule has 0 aliphatic heterocycles. The van der Waals surface area contributed by atoms with Crippen LogP contribution in [-0.2, 0) is 11.0 Å². The first-order valence-corrected chi connectivity index (χ1v) is 6.76. The van der Waals surface area contributed by atoms with Crippen molar-refractivity contribution in [2.24, 2.45) is 0 Å². The molecule has 0 saturated carbocycles. The van der Waals surface area contributed by atoms with Gasteiger partial charge in [0.15, 0.2) is 0 Å². The van der Waals surface area contributed by atoms with E-state index in [1.165, 1.54) is 23.9 Å². The lowest BCUT2D eigenvalue weighted by Gasteiger charge is -2.13. The number of rotatable bonds is 2. The van der Waals surface area contributed by atoms with Crippen LogP contribution in [0.3, 0.4) is 0 Å². The molecule has 1 amide bonds. The highest BCUT2D eigenvalue weighted by molar-refractivity contribution is 5.89. The van der Waals surface area contributed by atoms with Crippen molar-refractivity contribution in [3.05, 3.63) is 42.0 Å². The molecule has 7 heteroatoms. The number of nitrogens with zero attached hydrogens (tertiary/aromatic N) is 2. The van der Waals surface area contributed by atoms with Crippen LogP contribution in [0.1, 0.15) is 32.0 Å². The number of hydrogen-bond donors (Lipinski definition) is 1. The molecule has 0 aliphatic rings. The molecule has 0 bridgehead atoms. The molecule has 1 N–H and O–H groups in total. The molecule has 0 aliphatic carbocycles. The highest BCUT2D eigenvalue weighted by Gasteiger charge is 2.31. The van der Waals surface area contributed by atoms with E-state index in [0.717, 1.165) is 12.1 Å². The normalized spacial score (nSPS) is 10.7. The Kier molecular flexibility index (Phi) is 5.73. The number of imidazole rings is 1. The van der Waals surface area contributed by atoms with E-state index < -0.39 is 17.6 Å². The third kappa shape index (κ3) is 4.61. The molecule has 1 heterocycles. The van der Waals surface area contributed by atoms with E-state index >= 15 is 0 Å². The second kappa shape index (κ2) is 7.11. The van der Waals surface area contributed by atoms with Crippen LogP contribution in [-0.4, -0.2) is 15.5 Å². The molecule has 0 atom stereocenters. The molecule has 22 heavy (non-hydrogen) atoms. The van der Waals surface area contributed by atoms with Crippen molar-refractivity contribution >= 4 is 11.6 Å². The minimum atomic E-state index is -4.49. The van der Waals surface area contributed by atoms with Crippen molar-refractivity contribution in [2.75, 3.05) is 5.32 Å². The summed E-state index contributed by atoms with van der Waals surface area (Å²) in [5, 5.41) is 2.36. The van der Waals surface area contributed by atoms with Gasteiger partial charge in [-0.15, -0.1) is 0 Å². The van der Waals surface area contributed by atoms with Crippen LogP contribution in [0.25, 0.3) is 5.69 Å². The van der Waals surface area contributed by atoms with Crippen LogP contribution in [0.5, 0.6) is 0 Å². The molecular weight excluding hydrogens is 295 g/mol. The zero-order valence-corrected chi connectivity index (χ0v) is 12.8. The van der Waals surface area contributed by atoms with Gasteiger partial charge in [-0.2, -0.15) is 13.2 Å². The maximum atomic E-state index is 12.9. The highest BCUT2D eigenvalue weighted by atomic mass is 19.4. The number of alkyl halides is 3. The molecule has 0 fully saturated rings. The number of anilines is 1. The van der Waals surface area contributed by atoms with Gasteiger partial charge in [0.1, 0.15) is 0 Å². The Balaban J connectivity index is 0.00000116. The molecule has 1 aromatic heterocycles. The number of hydrogen-bond acceptors (Lipinski definition) is 2. The lowest BCUT2D eigenvalue weighted by molar-refractivity contribution is -0.137. The summed E-state index contributed by atoms with van der Waals surface area (Å²) in [6.45, 7) is 6.97. The topological polar surface area (TPSA) is 46.9 Å². The van der Waals surface area contributed by atoms with E-state index in [1.807, 2.05) is 13.8 Å². The summed E-state index contributed by atoms with van der Waals surface area (Å²) >= 11 is 0. The summed E-state index contributed by atoms with van der Waals surface area (Å²) in [7, 11) is 0. The van der Waals surface area contributed by atoms with Crippen molar-refractivity contribution in [3.8, 4) is 5.69 Å². The van der Waals surface area contributed by atoms with Gasteiger partial charge in [0.25, 0.3) is 0 Å². The Morgan fingerprint density at radius 2 is 1.86 bits per heavy atom. The van der Waals surface area contributed by atoms with E-state index in [0.29, 0.717) is 5.69 Å². The number of aryl methyl sites for hydroxylation is 1. The standard InChI is InChI=1S/C13H12F3N3O.C2H6/c1-8-6-19(7-17-8)12-4-10(13(14,15)16)3-11(5-12)18-9(2)20;1-2/h3-7H,1-2H3,(H,18,20);1-2H3. The summed E-state index contributed by atoms with van der Waals surface area (Å²) in [4.78, 5) is 15.0. The molecule has 0 radical (unpaired) electrons. The number of nitrogens with one attached hydrogen (secondary N) is 1. The third-order valence-electron chi connectivity index (χ3n) is 2.58. The zero-order chi connectivity index (χ0) is 16.9. The van der Waals surface area contributed by atoms with Crippen molar-refractivity contribution in [3.63, 3.8) is 0 Å². The highest BCUT2D eigenvalue weighted by Crippen LogP contribution is 2.33. The number of aromatic nitrogens is 2. The minimum absolute atomic E-state index is 0.0914. The van der Waals surface area contributed by atoms with Gasteiger partial charge in [-0.25, -0.2) is 4.98 Å². The Labute approximate surface area is 127 Å².